The van der Waals surface area contributed by atoms with E-state index in [9.17, 15) is 0 Å². The molecule has 5 heteroatoms. The van der Waals surface area contributed by atoms with Gasteiger partial charge in [0, 0.05) is 6.54 Å². The SMILES string of the molecule is COc1ccc(-n2nnc3c2NCCC3)cc1. The molecule has 1 N–H and O–H groups in total. The lowest BCUT2D eigenvalue weighted by molar-refractivity contribution is 0.414. The standard InChI is InChI=1S/C12H14N4O/c1-17-10-6-4-9(5-7-10)16-12-11(14-15-16)3-2-8-13-12/h4-7,13H,2-3,8H2,1H3. The summed E-state index contributed by atoms with van der Waals surface area (Å²) in [5, 5.41) is 11.7. The molecule has 5 nitrogen and oxygen atoms in total. The third-order valence-corrected chi connectivity index (χ3v) is 2.94. The highest BCUT2D eigenvalue weighted by atomic mass is 16.5. The maximum atomic E-state index is 5.14. The molecule has 3 rings (SSSR count). The number of methoxy groups -OCH3 is 1. The lowest BCUT2D eigenvalue weighted by Gasteiger charge is -2.14. The number of hydrogen-bond acceptors (Lipinski definition) is 4. The summed E-state index contributed by atoms with van der Waals surface area (Å²) in [6, 6.07) is 7.80. The van der Waals surface area contributed by atoms with Crippen LogP contribution in [-0.2, 0) is 6.42 Å². The molecule has 0 saturated heterocycles. The van der Waals surface area contributed by atoms with Crippen molar-refractivity contribution in [2.75, 3.05) is 19.0 Å². The normalized spacial score (nSPS) is 13.9. The Balaban J connectivity index is 2.00. The maximum absolute atomic E-state index is 5.14. The molecule has 1 aromatic carbocycles. The number of hydrogen-bond donors (Lipinski definition) is 1. The second-order valence-corrected chi connectivity index (χ2v) is 4.02. The molecule has 0 amide bonds. The maximum Gasteiger partial charge on any atom is 0.153 e. The summed E-state index contributed by atoms with van der Waals surface area (Å²) in [6.45, 7) is 0.983. The molecule has 1 aliphatic rings. The van der Waals surface area contributed by atoms with E-state index in [1.165, 1.54) is 0 Å². The lowest BCUT2D eigenvalue weighted by atomic mass is 10.2. The molecule has 0 radical (unpaired) electrons. The van der Waals surface area contributed by atoms with E-state index in [0.717, 1.165) is 42.3 Å². The van der Waals surface area contributed by atoms with Gasteiger partial charge in [0.1, 0.15) is 11.4 Å². The highest BCUT2D eigenvalue weighted by Gasteiger charge is 2.17. The van der Waals surface area contributed by atoms with Crippen LogP contribution < -0.4 is 10.1 Å². The summed E-state index contributed by atoms with van der Waals surface area (Å²) in [5.41, 5.74) is 2.04. The van der Waals surface area contributed by atoms with Crippen molar-refractivity contribution < 1.29 is 4.74 Å². The summed E-state index contributed by atoms with van der Waals surface area (Å²) < 4.78 is 6.98. The third-order valence-electron chi connectivity index (χ3n) is 2.94. The van der Waals surface area contributed by atoms with Crippen LogP contribution in [0.1, 0.15) is 12.1 Å². The number of fused-ring (bicyclic) bond motifs is 1. The zero-order valence-electron chi connectivity index (χ0n) is 9.68. The van der Waals surface area contributed by atoms with Gasteiger partial charge in [-0.25, -0.2) is 0 Å². The van der Waals surface area contributed by atoms with Crippen molar-refractivity contribution >= 4 is 5.82 Å². The summed E-state index contributed by atoms with van der Waals surface area (Å²) in [4.78, 5) is 0. The Morgan fingerprint density at radius 1 is 1.29 bits per heavy atom. The summed E-state index contributed by atoms with van der Waals surface area (Å²) in [5.74, 6) is 1.86. The lowest BCUT2D eigenvalue weighted by Crippen LogP contribution is -2.14. The van der Waals surface area contributed by atoms with Crippen LogP contribution in [0.25, 0.3) is 5.69 Å². The summed E-state index contributed by atoms with van der Waals surface area (Å²) in [7, 11) is 1.66. The molecule has 1 aromatic heterocycles. The average Bonchev–Trinajstić information content (AvgIpc) is 2.83. The molecule has 0 atom stereocenters. The van der Waals surface area contributed by atoms with Gasteiger partial charge in [-0.15, -0.1) is 5.10 Å². The van der Waals surface area contributed by atoms with Crippen molar-refractivity contribution in [3.8, 4) is 11.4 Å². The first-order valence-corrected chi connectivity index (χ1v) is 5.71. The van der Waals surface area contributed by atoms with E-state index in [4.69, 9.17) is 4.74 Å². The van der Waals surface area contributed by atoms with Crippen LogP contribution in [0.4, 0.5) is 5.82 Å². The van der Waals surface area contributed by atoms with Gasteiger partial charge in [-0.05, 0) is 37.1 Å². The minimum atomic E-state index is 0.843. The fourth-order valence-electron chi connectivity index (χ4n) is 2.03. The minimum absolute atomic E-state index is 0.843. The monoisotopic (exact) mass is 230 g/mol. The van der Waals surface area contributed by atoms with Crippen molar-refractivity contribution in [3.63, 3.8) is 0 Å². The first-order chi connectivity index (χ1) is 8.38. The van der Waals surface area contributed by atoms with E-state index in [0.29, 0.717) is 0 Å². The highest BCUT2D eigenvalue weighted by molar-refractivity contribution is 5.50. The Morgan fingerprint density at radius 2 is 2.12 bits per heavy atom. The second-order valence-electron chi connectivity index (χ2n) is 4.02. The molecule has 0 fully saturated rings. The van der Waals surface area contributed by atoms with Gasteiger partial charge in [-0.2, -0.15) is 4.68 Å². The molecule has 0 bridgehead atoms. The summed E-state index contributed by atoms with van der Waals surface area (Å²) in [6.07, 6.45) is 2.12. The van der Waals surface area contributed by atoms with Gasteiger partial charge < -0.3 is 10.1 Å². The first kappa shape index (κ1) is 10.1. The van der Waals surface area contributed by atoms with Gasteiger partial charge in [0.2, 0.25) is 0 Å². The van der Waals surface area contributed by atoms with E-state index in [2.05, 4.69) is 15.6 Å². The topological polar surface area (TPSA) is 52.0 Å². The van der Waals surface area contributed by atoms with Gasteiger partial charge in [0.05, 0.1) is 12.8 Å². The Labute approximate surface area is 99.4 Å². The number of aryl methyl sites for hydroxylation is 1. The molecule has 2 aromatic rings. The Hall–Kier alpha value is -2.04. The number of ether oxygens (including phenoxy) is 1. The average molecular weight is 230 g/mol. The van der Waals surface area contributed by atoms with Gasteiger partial charge in [-0.1, -0.05) is 5.21 Å². The van der Waals surface area contributed by atoms with Crippen molar-refractivity contribution in [1.29, 1.82) is 0 Å². The quantitative estimate of drug-likeness (QED) is 0.852. The molecule has 0 saturated carbocycles. The zero-order chi connectivity index (χ0) is 11.7. The van der Waals surface area contributed by atoms with Crippen LogP contribution in [0, 0.1) is 0 Å². The Morgan fingerprint density at radius 3 is 2.88 bits per heavy atom. The van der Waals surface area contributed by atoms with E-state index in [1.54, 1.807) is 7.11 Å². The predicted octanol–water partition coefficient (Wildman–Crippen LogP) is 1.63. The number of aromatic nitrogens is 3. The molecule has 0 aliphatic carbocycles. The first-order valence-electron chi connectivity index (χ1n) is 5.71. The predicted molar refractivity (Wildman–Crippen MR) is 64.7 cm³/mol. The fourth-order valence-corrected chi connectivity index (χ4v) is 2.03. The van der Waals surface area contributed by atoms with Crippen LogP contribution in [0.15, 0.2) is 24.3 Å². The van der Waals surface area contributed by atoms with Gasteiger partial charge in [0.25, 0.3) is 0 Å². The summed E-state index contributed by atoms with van der Waals surface area (Å²) >= 11 is 0. The van der Waals surface area contributed by atoms with Crippen molar-refractivity contribution in [3.05, 3.63) is 30.0 Å². The number of rotatable bonds is 2. The fraction of sp³-hybridized carbons (Fsp3) is 0.333. The largest absolute Gasteiger partial charge is 0.497 e. The van der Waals surface area contributed by atoms with Crippen molar-refractivity contribution in [2.24, 2.45) is 0 Å². The van der Waals surface area contributed by atoms with E-state index >= 15 is 0 Å². The molecule has 2 heterocycles. The van der Waals surface area contributed by atoms with Gasteiger partial charge in [0.15, 0.2) is 5.82 Å². The molecule has 88 valence electrons. The third kappa shape index (κ3) is 1.73. The van der Waals surface area contributed by atoms with E-state index in [1.807, 2.05) is 28.9 Å². The Bertz CT molecular complexity index is 518. The van der Waals surface area contributed by atoms with Gasteiger partial charge in [-0.3, -0.25) is 0 Å². The molecule has 17 heavy (non-hydrogen) atoms. The number of nitrogens with one attached hydrogen (secondary N) is 1. The van der Waals surface area contributed by atoms with Crippen LogP contribution >= 0.6 is 0 Å². The second kappa shape index (κ2) is 4.08. The number of benzene rings is 1. The zero-order valence-corrected chi connectivity index (χ0v) is 9.68. The van der Waals surface area contributed by atoms with Crippen molar-refractivity contribution in [1.82, 2.24) is 15.0 Å². The number of nitrogens with zero attached hydrogens (tertiary/aromatic N) is 3. The molecular formula is C12H14N4O. The van der Waals surface area contributed by atoms with Gasteiger partial charge >= 0.3 is 0 Å². The molecule has 0 unspecified atom stereocenters. The van der Waals surface area contributed by atoms with E-state index in [-0.39, 0.29) is 0 Å². The van der Waals surface area contributed by atoms with E-state index < -0.39 is 0 Å². The Kier molecular flexibility index (Phi) is 2.44. The van der Waals surface area contributed by atoms with Crippen LogP contribution in [-0.4, -0.2) is 28.6 Å². The molecule has 0 spiro atoms. The highest BCUT2D eigenvalue weighted by Crippen LogP contribution is 2.23. The van der Waals surface area contributed by atoms with Crippen LogP contribution in [0.2, 0.25) is 0 Å². The van der Waals surface area contributed by atoms with Crippen LogP contribution in [0.5, 0.6) is 5.75 Å². The minimum Gasteiger partial charge on any atom is -0.497 e. The molecular weight excluding hydrogens is 216 g/mol. The smallest absolute Gasteiger partial charge is 0.153 e. The van der Waals surface area contributed by atoms with Crippen molar-refractivity contribution in [2.45, 2.75) is 12.8 Å². The van der Waals surface area contributed by atoms with Crippen LogP contribution in [0.3, 0.4) is 0 Å². The molecule has 1 aliphatic heterocycles. The number of anilines is 1.